The van der Waals surface area contributed by atoms with Gasteiger partial charge in [-0.25, -0.2) is 0 Å². The van der Waals surface area contributed by atoms with Gasteiger partial charge in [-0.05, 0) is 98.6 Å². The highest BCUT2D eigenvalue weighted by Gasteiger charge is 2.36. The van der Waals surface area contributed by atoms with Gasteiger partial charge in [0.05, 0.1) is 5.69 Å². The molecule has 0 radical (unpaired) electrons. The Hall–Kier alpha value is -6.12. The van der Waals surface area contributed by atoms with Crippen LogP contribution in [0.1, 0.15) is 42.7 Å². The topological polar surface area (TPSA) is 16.4 Å². The van der Waals surface area contributed by atoms with Crippen molar-refractivity contribution in [2.75, 3.05) is 4.90 Å². The summed E-state index contributed by atoms with van der Waals surface area (Å²) in [5.41, 5.74) is 15.4. The van der Waals surface area contributed by atoms with Crippen LogP contribution in [0.4, 0.5) is 17.1 Å². The van der Waals surface area contributed by atoms with Crippen molar-refractivity contribution in [1.29, 1.82) is 0 Å². The van der Waals surface area contributed by atoms with Gasteiger partial charge < -0.3 is 9.32 Å². The summed E-state index contributed by atoms with van der Waals surface area (Å²) in [5.74, 6) is 1.07. The van der Waals surface area contributed by atoms with Crippen molar-refractivity contribution in [3.8, 4) is 33.4 Å². The largest absolute Gasteiger partial charge is 0.460 e. The average Bonchev–Trinajstić information content (AvgIpc) is 3.67. The Morgan fingerprint density at radius 1 is 0.569 bits per heavy atom. The molecule has 2 aliphatic carbocycles. The van der Waals surface area contributed by atoms with Crippen LogP contribution in [-0.4, -0.2) is 0 Å². The van der Waals surface area contributed by atoms with Crippen molar-refractivity contribution in [3.05, 3.63) is 180 Å². The minimum absolute atomic E-state index is 0.123. The zero-order valence-corrected chi connectivity index (χ0v) is 28.9. The molecule has 1 heterocycles. The van der Waals surface area contributed by atoms with Gasteiger partial charge in [-0.15, -0.1) is 0 Å². The van der Waals surface area contributed by atoms with Crippen LogP contribution in [0.15, 0.2) is 162 Å². The maximum absolute atomic E-state index is 6.90. The summed E-state index contributed by atoms with van der Waals surface area (Å²) < 4.78 is 6.90. The van der Waals surface area contributed by atoms with Crippen LogP contribution in [0.3, 0.4) is 0 Å². The van der Waals surface area contributed by atoms with Crippen molar-refractivity contribution in [2.45, 2.75) is 32.1 Å². The van der Waals surface area contributed by atoms with E-state index in [0.29, 0.717) is 0 Å². The quantitative estimate of drug-likeness (QED) is 0.183. The zero-order chi connectivity index (χ0) is 34.1. The molecule has 10 rings (SSSR count). The van der Waals surface area contributed by atoms with Gasteiger partial charge in [0.2, 0.25) is 0 Å². The van der Waals surface area contributed by atoms with Crippen molar-refractivity contribution >= 4 is 44.9 Å². The minimum atomic E-state index is -0.123. The summed E-state index contributed by atoms with van der Waals surface area (Å²) >= 11 is 0. The number of hydrogen-bond donors (Lipinski definition) is 0. The Morgan fingerprint density at radius 3 is 2.14 bits per heavy atom. The van der Waals surface area contributed by atoms with Crippen molar-refractivity contribution in [1.82, 2.24) is 0 Å². The van der Waals surface area contributed by atoms with Crippen LogP contribution < -0.4 is 4.90 Å². The predicted molar refractivity (Wildman–Crippen MR) is 214 cm³/mol. The van der Waals surface area contributed by atoms with E-state index >= 15 is 0 Å². The molecule has 0 unspecified atom stereocenters. The Morgan fingerprint density at radius 2 is 1.27 bits per heavy atom. The highest BCUT2D eigenvalue weighted by atomic mass is 16.3. The number of allylic oxidation sites excluding steroid dienone is 1. The van der Waals surface area contributed by atoms with Crippen LogP contribution in [-0.2, 0) is 11.8 Å². The molecule has 244 valence electrons. The van der Waals surface area contributed by atoms with E-state index < -0.39 is 0 Å². The summed E-state index contributed by atoms with van der Waals surface area (Å²) in [5, 5.41) is 3.60. The van der Waals surface area contributed by atoms with E-state index in [9.17, 15) is 0 Å². The second-order valence-electron chi connectivity index (χ2n) is 14.4. The number of fused-ring (bicyclic) bond motifs is 7. The van der Waals surface area contributed by atoms with E-state index in [0.717, 1.165) is 57.8 Å². The van der Waals surface area contributed by atoms with E-state index in [4.69, 9.17) is 4.42 Å². The second kappa shape index (κ2) is 11.5. The fourth-order valence-corrected chi connectivity index (χ4v) is 8.51. The van der Waals surface area contributed by atoms with Crippen LogP contribution in [0.25, 0.3) is 61.2 Å². The number of hydrogen-bond acceptors (Lipinski definition) is 2. The van der Waals surface area contributed by atoms with Crippen molar-refractivity contribution in [3.63, 3.8) is 0 Å². The lowest BCUT2D eigenvalue weighted by molar-refractivity contribution is 0.547. The van der Waals surface area contributed by atoms with E-state index in [1.165, 1.54) is 49.7 Å². The molecular formula is C49H37NO. The summed E-state index contributed by atoms with van der Waals surface area (Å²) in [7, 11) is 0. The van der Waals surface area contributed by atoms with E-state index in [2.05, 4.69) is 183 Å². The Labute approximate surface area is 298 Å². The molecule has 0 fully saturated rings. The number of rotatable bonds is 5. The highest BCUT2D eigenvalue weighted by molar-refractivity contribution is 6.07. The molecule has 2 aliphatic rings. The zero-order valence-electron chi connectivity index (χ0n) is 28.9. The number of anilines is 3. The fraction of sp³-hybridized carbons (Fsp3) is 0.102. The lowest BCUT2D eigenvalue weighted by atomic mass is 9.82. The van der Waals surface area contributed by atoms with Gasteiger partial charge in [-0.3, -0.25) is 0 Å². The second-order valence-corrected chi connectivity index (χ2v) is 14.4. The predicted octanol–water partition coefficient (Wildman–Crippen LogP) is 13.7. The van der Waals surface area contributed by atoms with E-state index in [-0.39, 0.29) is 5.41 Å². The van der Waals surface area contributed by atoms with E-state index in [1.807, 2.05) is 0 Å². The van der Waals surface area contributed by atoms with Crippen molar-refractivity contribution < 1.29 is 4.42 Å². The first-order valence-electron chi connectivity index (χ1n) is 18.0. The maximum Gasteiger partial charge on any atom is 0.144 e. The molecule has 2 nitrogen and oxygen atoms in total. The summed E-state index contributed by atoms with van der Waals surface area (Å²) in [6.45, 7) is 4.71. The Balaban J connectivity index is 1.24. The maximum atomic E-state index is 6.90. The molecule has 0 amide bonds. The monoisotopic (exact) mass is 655 g/mol. The van der Waals surface area contributed by atoms with Gasteiger partial charge >= 0.3 is 0 Å². The first-order chi connectivity index (χ1) is 25.0. The lowest BCUT2D eigenvalue weighted by Gasteiger charge is -2.30. The molecule has 7 aromatic carbocycles. The lowest BCUT2D eigenvalue weighted by Crippen LogP contribution is -2.17. The molecule has 0 bridgehead atoms. The van der Waals surface area contributed by atoms with Crippen LogP contribution in [0.5, 0.6) is 0 Å². The third kappa shape index (κ3) is 4.71. The molecule has 2 heteroatoms. The summed E-state index contributed by atoms with van der Waals surface area (Å²) in [6, 6.07) is 55.6. The summed E-state index contributed by atoms with van der Waals surface area (Å²) in [6.07, 6.45) is 6.43. The molecule has 1 aromatic heterocycles. The summed E-state index contributed by atoms with van der Waals surface area (Å²) in [4.78, 5) is 2.44. The molecule has 0 atom stereocenters. The van der Waals surface area contributed by atoms with Gasteiger partial charge in [0.1, 0.15) is 11.3 Å². The van der Waals surface area contributed by atoms with Gasteiger partial charge in [-0.1, -0.05) is 135 Å². The SMILES string of the molecule is CC1(C)c2ccccc2-c2ccc(N(c3ccc(-c4ccccc4)cc3)c3ccc4c5c(oc4c3-c3ccc4ccccc4c3)CCC=C5)cc21. The third-order valence-electron chi connectivity index (χ3n) is 11.1. The molecule has 0 aliphatic heterocycles. The van der Waals surface area contributed by atoms with Gasteiger partial charge in [0.25, 0.3) is 0 Å². The van der Waals surface area contributed by atoms with E-state index in [1.54, 1.807) is 0 Å². The minimum Gasteiger partial charge on any atom is -0.460 e. The normalized spacial score (nSPS) is 14.0. The Bertz CT molecular complexity index is 2660. The van der Waals surface area contributed by atoms with Crippen LogP contribution >= 0.6 is 0 Å². The molecule has 8 aromatic rings. The van der Waals surface area contributed by atoms with Crippen LogP contribution in [0.2, 0.25) is 0 Å². The number of aryl methyl sites for hydroxylation is 1. The first-order valence-corrected chi connectivity index (χ1v) is 18.0. The first kappa shape index (κ1) is 29.8. The molecule has 0 saturated carbocycles. The Kier molecular flexibility index (Phi) is 6.69. The van der Waals surface area contributed by atoms with Gasteiger partial charge in [0.15, 0.2) is 0 Å². The number of nitrogens with zero attached hydrogens (tertiary/aromatic N) is 1. The molecule has 0 spiro atoms. The average molecular weight is 656 g/mol. The molecule has 0 N–H and O–H groups in total. The standard InChI is InChI=1S/C49H37NO/c1-49(2)43-18-10-8-16-39(43)40-27-26-38(31-44(40)49)50(37-24-22-34(23-25-37)32-12-4-3-5-13-32)45-29-28-42-41-17-9-11-19-46(41)51-48(42)47(45)36-21-20-33-14-6-7-15-35(33)30-36/h3-10,12-18,20-31H,11,19H2,1-2H3. The van der Waals surface area contributed by atoms with Crippen molar-refractivity contribution in [2.24, 2.45) is 0 Å². The smallest absolute Gasteiger partial charge is 0.144 e. The third-order valence-corrected chi connectivity index (χ3v) is 11.1. The van der Waals surface area contributed by atoms with Crippen LogP contribution in [0, 0.1) is 0 Å². The molecule has 0 saturated heterocycles. The number of benzene rings is 7. The fourth-order valence-electron chi connectivity index (χ4n) is 8.51. The highest BCUT2D eigenvalue weighted by Crippen LogP contribution is 2.52. The molecular weight excluding hydrogens is 619 g/mol. The van der Waals surface area contributed by atoms with Gasteiger partial charge in [-0.2, -0.15) is 0 Å². The number of furan rings is 1. The molecule has 51 heavy (non-hydrogen) atoms. The van der Waals surface area contributed by atoms with Gasteiger partial charge in [0, 0.05) is 39.7 Å².